The lowest BCUT2D eigenvalue weighted by Gasteiger charge is -2.30. The third-order valence-corrected chi connectivity index (χ3v) is 5.12. The van der Waals surface area contributed by atoms with Crippen molar-refractivity contribution in [1.82, 2.24) is 4.90 Å². The van der Waals surface area contributed by atoms with E-state index in [1.54, 1.807) is 11.0 Å². The largest absolute Gasteiger partial charge is 0.454 e. The van der Waals surface area contributed by atoms with Gasteiger partial charge in [-0.05, 0) is 35.4 Å². The third-order valence-electron chi connectivity index (χ3n) is 5.12. The summed E-state index contributed by atoms with van der Waals surface area (Å²) in [6.07, 6.45) is 0. The lowest BCUT2D eigenvalue weighted by Crippen LogP contribution is -2.92. The molecule has 0 aliphatic carbocycles. The lowest BCUT2D eigenvalue weighted by molar-refractivity contribution is -0.665. The minimum Gasteiger partial charge on any atom is -0.454 e. The van der Waals surface area contributed by atoms with Crippen molar-refractivity contribution in [2.75, 3.05) is 31.7 Å². The maximum atomic E-state index is 13.1. The minimum absolute atomic E-state index is 0.0981. The molecule has 1 atom stereocenters. The van der Waals surface area contributed by atoms with Crippen LogP contribution in [0.5, 0.6) is 11.5 Å². The van der Waals surface area contributed by atoms with E-state index in [-0.39, 0.29) is 18.6 Å². The van der Waals surface area contributed by atoms with Gasteiger partial charge in [-0.15, -0.1) is 0 Å². The Morgan fingerprint density at radius 3 is 2.77 bits per heavy atom. The van der Waals surface area contributed by atoms with Crippen LogP contribution in [0.25, 0.3) is 11.1 Å². The Morgan fingerprint density at radius 2 is 1.85 bits per heavy atom. The number of fused-ring (bicyclic) bond motifs is 3. The first-order valence-electron chi connectivity index (χ1n) is 8.68. The number of nitrogens with two attached hydrogens (primary N) is 1. The lowest BCUT2D eigenvalue weighted by atomic mass is 10.0. The van der Waals surface area contributed by atoms with Crippen LogP contribution in [0.3, 0.4) is 0 Å². The molecule has 1 fully saturated rings. The number of ether oxygens (including phenoxy) is 2. The van der Waals surface area contributed by atoms with Crippen molar-refractivity contribution in [3.63, 3.8) is 0 Å². The predicted molar refractivity (Wildman–Crippen MR) is 93.1 cm³/mol. The van der Waals surface area contributed by atoms with Gasteiger partial charge in [0.15, 0.2) is 17.5 Å². The van der Waals surface area contributed by atoms with Crippen molar-refractivity contribution in [3.8, 4) is 22.6 Å². The molecule has 3 N–H and O–H groups in total. The van der Waals surface area contributed by atoms with Crippen LogP contribution in [0.15, 0.2) is 36.4 Å². The zero-order chi connectivity index (χ0) is 17.7. The van der Waals surface area contributed by atoms with Gasteiger partial charge in [0.2, 0.25) is 6.79 Å². The molecule has 3 aliphatic rings. The van der Waals surface area contributed by atoms with Crippen molar-refractivity contribution in [3.05, 3.63) is 42.0 Å². The van der Waals surface area contributed by atoms with E-state index in [0.717, 1.165) is 23.4 Å². The van der Waals surface area contributed by atoms with Gasteiger partial charge in [-0.25, -0.2) is 0 Å². The van der Waals surface area contributed by atoms with Gasteiger partial charge in [0, 0.05) is 0 Å². The summed E-state index contributed by atoms with van der Waals surface area (Å²) in [5, 5.41) is 4.98. The van der Waals surface area contributed by atoms with Crippen LogP contribution in [0, 0.1) is 0 Å². The molecular formula is C19H18N3O4+. The van der Waals surface area contributed by atoms with Gasteiger partial charge in [-0.2, -0.15) is 0 Å². The smallest absolute Gasteiger partial charge is 0.257 e. The molecule has 0 spiro atoms. The highest BCUT2D eigenvalue weighted by molar-refractivity contribution is 6.10. The summed E-state index contributed by atoms with van der Waals surface area (Å²) in [7, 11) is 0. The Morgan fingerprint density at radius 1 is 1.04 bits per heavy atom. The van der Waals surface area contributed by atoms with Gasteiger partial charge in [-0.1, -0.05) is 12.1 Å². The molecule has 7 heteroatoms. The number of nitrogens with one attached hydrogen (secondary N) is 1. The number of nitrogens with zero attached hydrogens (tertiary/aromatic N) is 1. The Bertz CT molecular complexity index is 927. The number of rotatable bonds is 1. The molecule has 7 nitrogen and oxygen atoms in total. The third kappa shape index (κ3) is 2.32. The van der Waals surface area contributed by atoms with Crippen LogP contribution in [0.2, 0.25) is 0 Å². The molecule has 2 aromatic rings. The quantitative estimate of drug-likeness (QED) is 0.779. The van der Waals surface area contributed by atoms with Crippen molar-refractivity contribution in [1.29, 1.82) is 0 Å². The summed E-state index contributed by atoms with van der Waals surface area (Å²) in [6.45, 7) is 2.21. The van der Waals surface area contributed by atoms with E-state index in [2.05, 4.69) is 10.6 Å². The maximum absolute atomic E-state index is 13.1. The molecule has 5 rings (SSSR count). The van der Waals surface area contributed by atoms with E-state index in [4.69, 9.17) is 9.47 Å². The van der Waals surface area contributed by atoms with Crippen molar-refractivity contribution in [2.45, 2.75) is 6.04 Å². The molecule has 0 radical (unpaired) electrons. The molecule has 2 amide bonds. The molecule has 26 heavy (non-hydrogen) atoms. The average Bonchev–Trinajstić information content (AvgIpc) is 3.11. The normalized spacial score (nSPS) is 20.9. The van der Waals surface area contributed by atoms with Crippen LogP contribution in [0.4, 0.5) is 5.69 Å². The van der Waals surface area contributed by atoms with Crippen molar-refractivity contribution >= 4 is 17.5 Å². The number of amides is 2. The molecule has 132 valence electrons. The molecule has 1 saturated heterocycles. The topological polar surface area (TPSA) is 84.5 Å². The number of quaternary nitrogens is 1. The summed E-state index contributed by atoms with van der Waals surface area (Å²) in [5.41, 5.74) is 2.92. The van der Waals surface area contributed by atoms with Gasteiger partial charge in [0.05, 0.1) is 24.3 Å². The zero-order valence-electron chi connectivity index (χ0n) is 14.0. The Kier molecular flexibility index (Phi) is 3.36. The summed E-state index contributed by atoms with van der Waals surface area (Å²) in [6, 6.07) is 10.8. The van der Waals surface area contributed by atoms with Gasteiger partial charge in [-0.3, -0.25) is 9.59 Å². The van der Waals surface area contributed by atoms with E-state index in [1.807, 2.05) is 30.3 Å². The summed E-state index contributed by atoms with van der Waals surface area (Å²) >= 11 is 0. The summed E-state index contributed by atoms with van der Waals surface area (Å²) < 4.78 is 10.8. The highest BCUT2D eigenvalue weighted by Gasteiger charge is 2.38. The van der Waals surface area contributed by atoms with Gasteiger partial charge in [0.25, 0.3) is 11.8 Å². The number of hydrogen-bond acceptors (Lipinski definition) is 4. The fraction of sp³-hybridized carbons (Fsp3) is 0.263. The van der Waals surface area contributed by atoms with Crippen LogP contribution < -0.4 is 20.1 Å². The molecule has 2 aromatic carbocycles. The summed E-state index contributed by atoms with van der Waals surface area (Å²) in [5.74, 6) is 1.20. The number of hydrogen-bond donors (Lipinski definition) is 2. The Balaban J connectivity index is 1.57. The van der Waals surface area contributed by atoms with E-state index >= 15 is 0 Å². The first-order chi connectivity index (χ1) is 12.7. The number of carbonyl (C=O) groups is 2. The fourth-order valence-electron chi connectivity index (χ4n) is 3.74. The monoisotopic (exact) mass is 352 g/mol. The predicted octanol–water partition coefficient (Wildman–Crippen LogP) is 0.422. The van der Waals surface area contributed by atoms with E-state index < -0.39 is 6.04 Å². The number of anilines is 1. The second kappa shape index (κ2) is 5.74. The molecular weight excluding hydrogens is 334 g/mol. The molecule has 0 saturated carbocycles. The maximum Gasteiger partial charge on any atom is 0.257 e. The number of carbonyl (C=O) groups excluding carboxylic acids is 2. The highest BCUT2D eigenvalue weighted by Crippen LogP contribution is 2.37. The molecule has 0 bridgehead atoms. The van der Waals surface area contributed by atoms with Crippen molar-refractivity contribution in [2.24, 2.45) is 0 Å². The number of piperazine rings is 1. The Labute approximate surface area is 149 Å². The molecule has 3 aliphatic heterocycles. The van der Waals surface area contributed by atoms with Gasteiger partial charge < -0.3 is 25.0 Å². The number of benzene rings is 2. The second-order valence-corrected chi connectivity index (χ2v) is 6.65. The van der Waals surface area contributed by atoms with Crippen LogP contribution >= 0.6 is 0 Å². The average molecular weight is 352 g/mol. The molecule has 0 aromatic heterocycles. The molecule has 3 heterocycles. The van der Waals surface area contributed by atoms with Gasteiger partial charge in [0.1, 0.15) is 6.54 Å². The van der Waals surface area contributed by atoms with E-state index in [9.17, 15) is 9.59 Å². The van der Waals surface area contributed by atoms with E-state index in [1.165, 1.54) is 0 Å². The van der Waals surface area contributed by atoms with Crippen LogP contribution in [0.1, 0.15) is 10.4 Å². The first kappa shape index (κ1) is 15.2. The molecule has 0 unspecified atom stereocenters. The summed E-state index contributed by atoms with van der Waals surface area (Å²) in [4.78, 5) is 27.2. The fourth-order valence-corrected chi connectivity index (χ4v) is 3.74. The van der Waals surface area contributed by atoms with Crippen LogP contribution in [-0.4, -0.2) is 49.2 Å². The first-order valence-corrected chi connectivity index (χ1v) is 8.68. The SMILES string of the molecule is O=C1Nc2ccc(-c3ccc4c(c3)OCO4)cc2C(=O)N2CC[NH2+]C[C@@H]12. The minimum atomic E-state index is -0.419. The second-order valence-electron chi connectivity index (χ2n) is 6.65. The van der Waals surface area contributed by atoms with Crippen LogP contribution in [-0.2, 0) is 4.79 Å². The Hall–Kier alpha value is -3.06. The van der Waals surface area contributed by atoms with Crippen molar-refractivity contribution < 1.29 is 24.4 Å². The highest BCUT2D eigenvalue weighted by atomic mass is 16.7. The standard InChI is InChI=1S/C19H17N3O4/c23-18-15-9-20-5-6-22(15)19(24)13-7-11(1-3-14(13)21-18)12-2-4-16-17(8-12)26-10-25-16/h1-4,7-8,15,20H,5-6,9-10H2,(H,21,23)/p+1/t15-/m0/s1. The van der Waals surface area contributed by atoms with E-state index in [0.29, 0.717) is 30.1 Å². The zero-order valence-corrected chi connectivity index (χ0v) is 14.0. The van der Waals surface area contributed by atoms with Gasteiger partial charge >= 0.3 is 0 Å².